The first kappa shape index (κ1) is 13.8. The molecule has 1 aliphatic rings. The number of nitrogens with two attached hydrogens (primary N) is 1. The molecule has 1 atom stereocenters. The normalized spacial score (nSPS) is 17.5. The Balaban J connectivity index is 2.16. The number of fused-ring (bicyclic) bond motifs is 2. The van der Waals surface area contributed by atoms with Crippen LogP contribution >= 0.6 is 11.8 Å². The summed E-state index contributed by atoms with van der Waals surface area (Å²) in [6.45, 7) is 0. The smallest absolute Gasteiger partial charge is 0.305 e. The average Bonchev–Trinajstić information content (AvgIpc) is 2.69. The number of rotatable bonds is 1. The Hall–Kier alpha value is -2.14. The molecule has 0 amide bonds. The Morgan fingerprint density at radius 3 is 2.57 bits per heavy atom. The molecule has 1 heterocycles. The van der Waals surface area contributed by atoms with Gasteiger partial charge in [0.15, 0.2) is 11.9 Å². The van der Waals surface area contributed by atoms with Crippen LogP contribution in [0.1, 0.15) is 11.7 Å². The molecular formula is C16H18N3OS+. The molecule has 0 saturated carbocycles. The van der Waals surface area contributed by atoms with Gasteiger partial charge in [0, 0.05) is 0 Å². The zero-order chi connectivity index (χ0) is 14.8. The predicted molar refractivity (Wildman–Crippen MR) is 88.2 cm³/mol. The maximum Gasteiger partial charge on any atom is 0.305 e. The van der Waals surface area contributed by atoms with Gasteiger partial charge in [-0.1, -0.05) is 24.3 Å². The molecule has 0 bridgehead atoms. The number of benzene rings is 2. The molecule has 4 nitrogen and oxygen atoms in total. The summed E-state index contributed by atoms with van der Waals surface area (Å²) in [4.78, 5) is 0. The van der Waals surface area contributed by atoms with Crippen LogP contribution < -0.4 is 15.8 Å². The van der Waals surface area contributed by atoms with Crippen molar-refractivity contribution in [2.75, 3.05) is 18.6 Å². The highest BCUT2D eigenvalue weighted by Crippen LogP contribution is 2.39. The van der Waals surface area contributed by atoms with E-state index in [0.29, 0.717) is 0 Å². The molecule has 2 aromatic carbocycles. The maximum atomic E-state index is 6.10. The molecular weight excluding hydrogens is 282 g/mol. The van der Waals surface area contributed by atoms with E-state index in [1.807, 2.05) is 60.3 Å². The van der Waals surface area contributed by atoms with Crippen molar-refractivity contribution in [3.63, 3.8) is 0 Å². The topological polar surface area (TPSA) is 50.3 Å². The molecule has 108 valence electrons. The summed E-state index contributed by atoms with van der Waals surface area (Å²) in [6, 6.07) is 16.0. The second-order valence-corrected chi connectivity index (χ2v) is 5.66. The molecule has 0 saturated heterocycles. The van der Waals surface area contributed by atoms with Crippen molar-refractivity contribution in [3.05, 3.63) is 54.1 Å². The van der Waals surface area contributed by atoms with Gasteiger partial charge in [0.25, 0.3) is 0 Å². The van der Waals surface area contributed by atoms with E-state index < -0.39 is 0 Å². The van der Waals surface area contributed by atoms with Crippen molar-refractivity contribution in [2.24, 2.45) is 5.73 Å². The fourth-order valence-corrected chi connectivity index (χ4v) is 2.79. The van der Waals surface area contributed by atoms with Gasteiger partial charge in [-0.2, -0.15) is 0 Å². The van der Waals surface area contributed by atoms with Gasteiger partial charge in [-0.15, -0.1) is 0 Å². The van der Waals surface area contributed by atoms with Crippen molar-refractivity contribution < 1.29 is 9.31 Å². The molecule has 3 N–H and O–H groups in total. The number of nitrogens with zero attached hydrogens (tertiary/aromatic N) is 1. The summed E-state index contributed by atoms with van der Waals surface area (Å²) < 4.78 is 8.07. The number of hydrogen-bond acceptors (Lipinski definition) is 3. The second kappa shape index (κ2) is 5.69. The standard InChI is InChI=1S/C16H17N3OS/c1-19(16(17)21-2)15-11-7-3-5-9-13(11)20-14-10-6-4-8-12(14)18-15/h3-10,15,17-18H,1-2H3/p+1. The lowest BCUT2D eigenvalue weighted by Crippen LogP contribution is -2.30. The minimum atomic E-state index is -0.0719. The van der Waals surface area contributed by atoms with Gasteiger partial charge < -0.3 is 10.1 Å². The summed E-state index contributed by atoms with van der Waals surface area (Å²) in [6.07, 6.45) is 1.90. The van der Waals surface area contributed by atoms with Crippen LogP contribution in [0.4, 0.5) is 5.69 Å². The summed E-state index contributed by atoms with van der Waals surface area (Å²) in [5.74, 6) is 1.67. The minimum absolute atomic E-state index is 0.0719. The molecule has 21 heavy (non-hydrogen) atoms. The number of amidine groups is 1. The van der Waals surface area contributed by atoms with Crippen molar-refractivity contribution in [1.82, 2.24) is 0 Å². The highest BCUT2D eigenvalue weighted by Gasteiger charge is 2.27. The fraction of sp³-hybridized carbons (Fsp3) is 0.188. The van der Waals surface area contributed by atoms with Gasteiger partial charge in [-0.25, -0.2) is 4.58 Å². The van der Waals surface area contributed by atoms with E-state index in [1.54, 1.807) is 0 Å². The molecule has 0 radical (unpaired) electrons. The average molecular weight is 300 g/mol. The zero-order valence-corrected chi connectivity index (χ0v) is 12.9. The second-order valence-electron chi connectivity index (χ2n) is 4.84. The van der Waals surface area contributed by atoms with Gasteiger partial charge in [0.2, 0.25) is 0 Å². The number of nitrogens with one attached hydrogen (secondary N) is 1. The number of thioether (sulfide) groups is 1. The Kier molecular flexibility index (Phi) is 3.75. The highest BCUT2D eigenvalue weighted by molar-refractivity contribution is 8.12. The first-order valence-corrected chi connectivity index (χ1v) is 7.95. The third kappa shape index (κ3) is 2.56. The minimum Gasteiger partial charge on any atom is -0.455 e. The van der Waals surface area contributed by atoms with E-state index >= 15 is 0 Å². The van der Waals surface area contributed by atoms with Crippen molar-refractivity contribution in [3.8, 4) is 11.5 Å². The maximum absolute atomic E-state index is 6.10. The Morgan fingerprint density at radius 2 is 1.81 bits per heavy atom. The van der Waals surface area contributed by atoms with Crippen LogP contribution in [0.25, 0.3) is 0 Å². The van der Waals surface area contributed by atoms with Crippen molar-refractivity contribution in [2.45, 2.75) is 6.17 Å². The number of para-hydroxylation sites is 3. The van der Waals surface area contributed by atoms with E-state index in [1.165, 1.54) is 11.8 Å². The molecule has 0 aliphatic carbocycles. The number of anilines is 1. The van der Waals surface area contributed by atoms with Gasteiger partial charge in [-0.3, -0.25) is 5.73 Å². The van der Waals surface area contributed by atoms with Crippen LogP contribution in [0.2, 0.25) is 0 Å². The van der Waals surface area contributed by atoms with Crippen LogP contribution in [0.3, 0.4) is 0 Å². The van der Waals surface area contributed by atoms with Crippen LogP contribution in [-0.2, 0) is 0 Å². The van der Waals surface area contributed by atoms with Gasteiger partial charge >= 0.3 is 5.17 Å². The van der Waals surface area contributed by atoms with E-state index in [2.05, 4.69) is 11.4 Å². The molecule has 5 heteroatoms. The number of ether oxygens (including phenoxy) is 1. The van der Waals surface area contributed by atoms with Crippen LogP contribution in [-0.4, -0.2) is 23.0 Å². The highest BCUT2D eigenvalue weighted by atomic mass is 32.2. The SMILES string of the molecule is CSC(N)=[N+](C)C1Nc2ccccc2Oc2ccccc21. The molecule has 0 fully saturated rings. The molecule has 0 aromatic heterocycles. The van der Waals surface area contributed by atoms with Crippen molar-refractivity contribution in [1.29, 1.82) is 0 Å². The van der Waals surface area contributed by atoms with Gasteiger partial charge in [0.1, 0.15) is 5.75 Å². The molecule has 0 spiro atoms. The molecule has 3 rings (SSSR count). The van der Waals surface area contributed by atoms with Crippen LogP contribution in [0.5, 0.6) is 11.5 Å². The quantitative estimate of drug-likeness (QED) is 0.482. The monoisotopic (exact) mass is 300 g/mol. The predicted octanol–water partition coefficient (Wildman–Crippen LogP) is 3.22. The first-order valence-electron chi connectivity index (χ1n) is 6.72. The summed E-state index contributed by atoms with van der Waals surface area (Å²) in [7, 11) is 1.98. The lowest BCUT2D eigenvalue weighted by Gasteiger charge is -2.19. The zero-order valence-electron chi connectivity index (χ0n) is 12.0. The lowest BCUT2D eigenvalue weighted by molar-refractivity contribution is -0.535. The van der Waals surface area contributed by atoms with E-state index in [9.17, 15) is 0 Å². The third-order valence-corrected chi connectivity index (χ3v) is 4.26. The summed E-state index contributed by atoms with van der Waals surface area (Å²) >= 11 is 1.53. The van der Waals surface area contributed by atoms with Crippen LogP contribution in [0.15, 0.2) is 48.5 Å². The number of hydrogen-bond donors (Lipinski definition) is 2. The lowest BCUT2D eigenvalue weighted by atomic mass is 10.1. The third-order valence-electron chi connectivity index (χ3n) is 3.56. The molecule has 2 aromatic rings. The van der Waals surface area contributed by atoms with E-state index in [-0.39, 0.29) is 6.17 Å². The van der Waals surface area contributed by atoms with Gasteiger partial charge in [0.05, 0.1) is 18.3 Å². The van der Waals surface area contributed by atoms with Crippen LogP contribution in [0, 0.1) is 0 Å². The summed E-state index contributed by atoms with van der Waals surface area (Å²) in [5, 5.41) is 4.27. The van der Waals surface area contributed by atoms with Gasteiger partial charge in [-0.05, 0) is 42.3 Å². The Morgan fingerprint density at radius 1 is 1.14 bits per heavy atom. The first-order chi connectivity index (χ1) is 10.2. The van der Waals surface area contributed by atoms with Crippen molar-refractivity contribution >= 4 is 22.6 Å². The van der Waals surface area contributed by atoms with E-state index in [4.69, 9.17) is 10.5 Å². The fourth-order valence-electron chi connectivity index (χ4n) is 2.39. The Labute approximate surface area is 128 Å². The van der Waals surface area contributed by atoms with E-state index in [0.717, 1.165) is 27.9 Å². The molecule has 1 aliphatic heterocycles. The Bertz CT molecular complexity index is 699. The molecule has 1 unspecified atom stereocenters. The summed E-state index contributed by atoms with van der Waals surface area (Å²) in [5.41, 5.74) is 8.12. The largest absolute Gasteiger partial charge is 0.455 e.